The van der Waals surface area contributed by atoms with Gasteiger partial charge in [-0.25, -0.2) is 0 Å². The minimum atomic E-state index is -0.717. The average Bonchev–Trinajstić information content (AvgIpc) is 1.78. The molecule has 0 radical (unpaired) electrons. The van der Waals surface area contributed by atoms with Crippen molar-refractivity contribution in [3.05, 3.63) is 0 Å². The van der Waals surface area contributed by atoms with Crippen molar-refractivity contribution in [2.24, 2.45) is 11.1 Å². The van der Waals surface area contributed by atoms with Crippen LogP contribution in [0.15, 0.2) is 0 Å². The zero-order valence-electron chi connectivity index (χ0n) is 5.97. The first kappa shape index (κ1) is 7.54. The molecule has 0 aromatic heterocycles. The van der Waals surface area contributed by atoms with E-state index in [9.17, 15) is 4.79 Å². The van der Waals surface area contributed by atoms with Gasteiger partial charge in [-0.2, -0.15) is 0 Å². The van der Waals surface area contributed by atoms with Crippen LogP contribution in [0.3, 0.4) is 0 Å². The standard InChI is InChI=1S/C7H13NO2/c8-5-7(2-1-3-7)4-6(9)10/h1-5,8H2,(H,9,10). The van der Waals surface area contributed by atoms with Crippen molar-refractivity contribution >= 4 is 5.97 Å². The number of hydrogen-bond donors (Lipinski definition) is 2. The second kappa shape index (κ2) is 2.58. The number of hydrogen-bond acceptors (Lipinski definition) is 2. The van der Waals surface area contributed by atoms with E-state index in [1.165, 1.54) is 0 Å². The van der Waals surface area contributed by atoms with Crippen molar-refractivity contribution in [3.8, 4) is 0 Å². The highest BCUT2D eigenvalue weighted by molar-refractivity contribution is 5.67. The molecule has 0 aromatic carbocycles. The summed E-state index contributed by atoms with van der Waals surface area (Å²) in [6.45, 7) is 0.527. The SMILES string of the molecule is NCC1(CC(=O)O)CCC1. The summed E-state index contributed by atoms with van der Waals surface area (Å²) in [5.74, 6) is -0.717. The second-order valence-electron chi connectivity index (χ2n) is 3.13. The van der Waals surface area contributed by atoms with E-state index in [4.69, 9.17) is 10.8 Å². The van der Waals surface area contributed by atoms with Gasteiger partial charge in [-0.15, -0.1) is 0 Å². The van der Waals surface area contributed by atoms with Gasteiger partial charge in [0.05, 0.1) is 6.42 Å². The van der Waals surface area contributed by atoms with Crippen LogP contribution in [0, 0.1) is 5.41 Å². The molecule has 3 N–H and O–H groups in total. The average molecular weight is 143 g/mol. The molecule has 0 aromatic rings. The number of carboxylic acids is 1. The van der Waals surface area contributed by atoms with Gasteiger partial charge in [0.25, 0.3) is 0 Å². The lowest BCUT2D eigenvalue weighted by molar-refractivity contribution is -0.141. The summed E-state index contributed by atoms with van der Waals surface area (Å²) in [5.41, 5.74) is 5.42. The van der Waals surface area contributed by atoms with Crippen LogP contribution in [-0.4, -0.2) is 17.6 Å². The summed E-state index contributed by atoms with van der Waals surface area (Å²) in [5, 5.41) is 8.49. The molecule has 1 fully saturated rings. The third kappa shape index (κ3) is 1.29. The molecule has 0 atom stereocenters. The molecule has 1 saturated carbocycles. The Morgan fingerprint density at radius 1 is 1.60 bits per heavy atom. The lowest BCUT2D eigenvalue weighted by Gasteiger charge is -2.39. The molecular weight excluding hydrogens is 130 g/mol. The Morgan fingerprint density at radius 3 is 2.30 bits per heavy atom. The van der Waals surface area contributed by atoms with Crippen molar-refractivity contribution in [3.63, 3.8) is 0 Å². The van der Waals surface area contributed by atoms with Crippen LogP contribution < -0.4 is 5.73 Å². The van der Waals surface area contributed by atoms with Gasteiger partial charge in [0.2, 0.25) is 0 Å². The molecule has 0 bridgehead atoms. The van der Waals surface area contributed by atoms with Gasteiger partial charge in [-0.1, -0.05) is 6.42 Å². The molecule has 0 unspecified atom stereocenters. The zero-order chi connectivity index (χ0) is 7.61. The quantitative estimate of drug-likeness (QED) is 0.607. The predicted octanol–water partition coefficient (Wildman–Crippen LogP) is 0.590. The van der Waals surface area contributed by atoms with Crippen LogP contribution in [0.2, 0.25) is 0 Å². The number of carboxylic acid groups (broad SMARTS) is 1. The van der Waals surface area contributed by atoms with Gasteiger partial charge in [0.1, 0.15) is 0 Å². The summed E-state index contributed by atoms with van der Waals surface area (Å²) < 4.78 is 0. The molecule has 3 heteroatoms. The maximum atomic E-state index is 10.3. The first-order chi connectivity index (χ1) is 4.68. The summed E-state index contributed by atoms with van der Waals surface area (Å²) in [4.78, 5) is 10.3. The third-order valence-corrected chi connectivity index (χ3v) is 2.37. The molecule has 0 aliphatic heterocycles. The van der Waals surface area contributed by atoms with Gasteiger partial charge in [0, 0.05) is 0 Å². The molecule has 0 spiro atoms. The highest BCUT2D eigenvalue weighted by Crippen LogP contribution is 2.42. The molecule has 1 aliphatic rings. The van der Waals surface area contributed by atoms with E-state index in [1.54, 1.807) is 0 Å². The molecule has 1 rings (SSSR count). The van der Waals surface area contributed by atoms with Crippen molar-refractivity contribution in [1.29, 1.82) is 0 Å². The lowest BCUT2D eigenvalue weighted by atomic mass is 9.67. The van der Waals surface area contributed by atoms with E-state index < -0.39 is 5.97 Å². The van der Waals surface area contributed by atoms with Crippen molar-refractivity contribution in [2.75, 3.05) is 6.54 Å². The number of carbonyl (C=O) groups is 1. The van der Waals surface area contributed by atoms with Crippen LogP contribution in [0.1, 0.15) is 25.7 Å². The Labute approximate surface area is 60.2 Å². The zero-order valence-corrected chi connectivity index (χ0v) is 5.97. The van der Waals surface area contributed by atoms with E-state index in [0.29, 0.717) is 6.54 Å². The lowest BCUT2D eigenvalue weighted by Crippen LogP contribution is -2.39. The number of nitrogens with two attached hydrogens (primary N) is 1. The normalized spacial score (nSPS) is 21.7. The molecule has 0 amide bonds. The fourth-order valence-electron chi connectivity index (χ4n) is 1.45. The minimum absolute atomic E-state index is 0.0359. The maximum Gasteiger partial charge on any atom is 0.303 e. The van der Waals surface area contributed by atoms with Gasteiger partial charge >= 0.3 is 5.97 Å². The molecule has 3 nitrogen and oxygen atoms in total. The largest absolute Gasteiger partial charge is 0.481 e. The molecule has 10 heavy (non-hydrogen) atoms. The van der Waals surface area contributed by atoms with Crippen LogP contribution in [0.4, 0.5) is 0 Å². The van der Waals surface area contributed by atoms with Gasteiger partial charge in [-0.05, 0) is 24.8 Å². The Balaban J connectivity index is 2.40. The summed E-state index contributed by atoms with van der Waals surface area (Å²) in [6.07, 6.45) is 3.39. The Morgan fingerprint density at radius 2 is 2.20 bits per heavy atom. The van der Waals surface area contributed by atoms with E-state index >= 15 is 0 Å². The number of rotatable bonds is 3. The fraction of sp³-hybridized carbons (Fsp3) is 0.857. The Bertz CT molecular complexity index is 135. The third-order valence-electron chi connectivity index (χ3n) is 2.37. The monoisotopic (exact) mass is 143 g/mol. The summed E-state index contributed by atoms with van der Waals surface area (Å²) >= 11 is 0. The van der Waals surface area contributed by atoms with Gasteiger partial charge in [0.15, 0.2) is 0 Å². The smallest absolute Gasteiger partial charge is 0.303 e. The predicted molar refractivity (Wildman–Crippen MR) is 37.6 cm³/mol. The number of aliphatic carboxylic acids is 1. The minimum Gasteiger partial charge on any atom is -0.481 e. The van der Waals surface area contributed by atoms with E-state index in [-0.39, 0.29) is 11.8 Å². The van der Waals surface area contributed by atoms with Crippen LogP contribution in [0.5, 0.6) is 0 Å². The van der Waals surface area contributed by atoms with Crippen molar-refractivity contribution < 1.29 is 9.90 Å². The molecule has 0 heterocycles. The van der Waals surface area contributed by atoms with Crippen LogP contribution >= 0.6 is 0 Å². The van der Waals surface area contributed by atoms with E-state index in [0.717, 1.165) is 19.3 Å². The van der Waals surface area contributed by atoms with E-state index in [1.807, 2.05) is 0 Å². The first-order valence-electron chi connectivity index (χ1n) is 3.60. The first-order valence-corrected chi connectivity index (χ1v) is 3.60. The summed E-state index contributed by atoms with van der Waals surface area (Å²) in [6, 6.07) is 0. The Kier molecular flexibility index (Phi) is 1.94. The van der Waals surface area contributed by atoms with E-state index in [2.05, 4.69) is 0 Å². The van der Waals surface area contributed by atoms with Crippen LogP contribution in [0.25, 0.3) is 0 Å². The highest BCUT2D eigenvalue weighted by atomic mass is 16.4. The van der Waals surface area contributed by atoms with Crippen LogP contribution in [-0.2, 0) is 4.79 Å². The molecule has 1 aliphatic carbocycles. The molecule has 0 saturated heterocycles. The molecular formula is C7H13NO2. The van der Waals surface area contributed by atoms with Crippen molar-refractivity contribution in [1.82, 2.24) is 0 Å². The Hall–Kier alpha value is -0.570. The fourth-order valence-corrected chi connectivity index (χ4v) is 1.45. The molecule has 58 valence electrons. The second-order valence-corrected chi connectivity index (χ2v) is 3.13. The highest BCUT2D eigenvalue weighted by Gasteiger charge is 2.37. The van der Waals surface area contributed by atoms with Gasteiger partial charge in [-0.3, -0.25) is 4.79 Å². The van der Waals surface area contributed by atoms with Crippen molar-refractivity contribution in [2.45, 2.75) is 25.7 Å². The summed E-state index contributed by atoms with van der Waals surface area (Å²) in [7, 11) is 0. The maximum absolute atomic E-state index is 10.3. The topological polar surface area (TPSA) is 63.3 Å². The van der Waals surface area contributed by atoms with Gasteiger partial charge < -0.3 is 10.8 Å².